The first-order valence-corrected chi connectivity index (χ1v) is 4.35. The summed E-state index contributed by atoms with van der Waals surface area (Å²) in [6, 6.07) is 3.54. The van der Waals surface area contributed by atoms with Gasteiger partial charge in [-0.1, -0.05) is 23.2 Å². The molecule has 0 spiro atoms. The Morgan fingerprint density at radius 1 is 1.30 bits per heavy atom. The Morgan fingerprint density at radius 3 is 2.40 bits per heavy atom. The second kappa shape index (κ2) is 3.15. The average molecular weight is 288 g/mol. The Kier molecular flexibility index (Phi) is 2.66. The van der Waals surface area contributed by atoms with E-state index in [2.05, 4.69) is 22.6 Å². The maximum atomic E-state index is 5.70. The molecule has 0 saturated carbocycles. The third kappa shape index (κ3) is 1.68. The Hall–Kier alpha value is 0.330. The van der Waals surface area contributed by atoms with Gasteiger partial charge < -0.3 is 5.73 Å². The smallest absolute Gasteiger partial charge is 0.0822 e. The van der Waals surface area contributed by atoms with Gasteiger partial charge in [0.05, 0.1) is 15.7 Å². The van der Waals surface area contributed by atoms with Crippen LogP contribution in [0.2, 0.25) is 10.0 Å². The quantitative estimate of drug-likeness (QED) is 0.443. The number of nitrogens with two attached hydrogens (primary N) is 1. The zero-order chi connectivity index (χ0) is 7.72. The summed E-state index contributed by atoms with van der Waals surface area (Å²) in [7, 11) is 0. The van der Waals surface area contributed by atoms with Crippen molar-refractivity contribution in [3.05, 3.63) is 25.7 Å². The highest BCUT2D eigenvalue weighted by Gasteiger charge is 2.01. The van der Waals surface area contributed by atoms with Crippen molar-refractivity contribution in [2.45, 2.75) is 0 Å². The lowest BCUT2D eigenvalue weighted by Gasteiger charge is -1.99. The zero-order valence-electron chi connectivity index (χ0n) is 4.87. The molecule has 2 N–H and O–H groups in total. The SMILES string of the molecule is Nc1cc(I)cc(Cl)c1Cl. The van der Waals surface area contributed by atoms with Crippen molar-refractivity contribution in [1.29, 1.82) is 0 Å². The molecule has 1 aromatic carbocycles. The molecule has 0 fully saturated rings. The van der Waals surface area contributed by atoms with Gasteiger partial charge >= 0.3 is 0 Å². The van der Waals surface area contributed by atoms with Crippen molar-refractivity contribution in [1.82, 2.24) is 0 Å². The standard InChI is InChI=1S/C6H4Cl2IN/c7-4-1-3(9)2-5(10)6(4)8/h1-2H,10H2. The van der Waals surface area contributed by atoms with Gasteiger partial charge in [0.15, 0.2) is 0 Å². The normalized spacial score (nSPS) is 9.90. The minimum absolute atomic E-state index is 0.432. The van der Waals surface area contributed by atoms with E-state index in [1.165, 1.54) is 0 Å². The van der Waals surface area contributed by atoms with Crippen LogP contribution in [0.4, 0.5) is 5.69 Å². The first-order chi connectivity index (χ1) is 4.61. The van der Waals surface area contributed by atoms with Gasteiger partial charge in [-0.2, -0.15) is 0 Å². The largest absolute Gasteiger partial charge is 0.397 e. The number of anilines is 1. The maximum Gasteiger partial charge on any atom is 0.0822 e. The summed E-state index contributed by atoms with van der Waals surface area (Å²) >= 11 is 13.5. The predicted octanol–water partition coefficient (Wildman–Crippen LogP) is 3.18. The third-order valence-electron chi connectivity index (χ3n) is 1.02. The average Bonchev–Trinajstić information content (AvgIpc) is 1.82. The summed E-state index contributed by atoms with van der Waals surface area (Å²) in [5.74, 6) is 0. The molecule has 0 heterocycles. The number of hydrogen-bond donors (Lipinski definition) is 1. The first kappa shape index (κ1) is 8.43. The van der Waals surface area contributed by atoms with E-state index in [0.29, 0.717) is 15.7 Å². The van der Waals surface area contributed by atoms with Gasteiger partial charge in [0.25, 0.3) is 0 Å². The molecular formula is C6H4Cl2IN. The molecule has 0 saturated heterocycles. The highest BCUT2D eigenvalue weighted by molar-refractivity contribution is 14.1. The number of benzene rings is 1. The summed E-state index contributed by atoms with van der Waals surface area (Å²) in [5.41, 5.74) is 6.03. The minimum Gasteiger partial charge on any atom is -0.397 e. The lowest BCUT2D eigenvalue weighted by atomic mass is 10.3. The third-order valence-corrected chi connectivity index (χ3v) is 2.46. The molecule has 0 atom stereocenters. The van der Waals surface area contributed by atoms with Gasteiger partial charge in [-0.05, 0) is 34.7 Å². The van der Waals surface area contributed by atoms with E-state index in [9.17, 15) is 0 Å². The van der Waals surface area contributed by atoms with Crippen LogP contribution < -0.4 is 5.73 Å². The number of hydrogen-bond acceptors (Lipinski definition) is 1. The van der Waals surface area contributed by atoms with Gasteiger partial charge in [-0.25, -0.2) is 0 Å². The minimum atomic E-state index is 0.432. The van der Waals surface area contributed by atoms with Crippen LogP contribution in [0.15, 0.2) is 12.1 Å². The molecule has 0 radical (unpaired) electrons. The van der Waals surface area contributed by atoms with Gasteiger partial charge in [0, 0.05) is 3.57 Å². The van der Waals surface area contributed by atoms with E-state index in [-0.39, 0.29) is 0 Å². The van der Waals surface area contributed by atoms with E-state index < -0.39 is 0 Å². The van der Waals surface area contributed by atoms with Crippen LogP contribution in [-0.4, -0.2) is 0 Å². The van der Waals surface area contributed by atoms with Crippen LogP contribution in [-0.2, 0) is 0 Å². The van der Waals surface area contributed by atoms with Gasteiger partial charge in [0.2, 0.25) is 0 Å². The molecule has 0 aliphatic rings. The van der Waals surface area contributed by atoms with E-state index in [0.717, 1.165) is 3.57 Å². The predicted molar refractivity (Wildman–Crippen MR) is 53.6 cm³/mol. The van der Waals surface area contributed by atoms with Gasteiger partial charge in [-0.15, -0.1) is 0 Å². The molecule has 0 bridgehead atoms. The Morgan fingerprint density at radius 2 is 1.90 bits per heavy atom. The number of halogens is 3. The summed E-state index contributed by atoms with van der Waals surface area (Å²) in [6.07, 6.45) is 0. The lowest BCUT2D eigenvalue weighted by Crippen LogP contribution is -1.87. The van der Waals surface area contributed by atoms with E-state index >= 15 is 0 Å². The van der Waals surface area contributed by atoms with Crippen LogP contribution in [0.1, 0.15) is 0 Å². The molecule has 0 unspecified atom stereocenters. The number of nitrogen functional groups attached to an aromatic ring is 1. The molecule has 54 valence electrons. The fourth-order valence-electron chi connectivity index (χ4n) is 0.576. The summed E-state index contributed by atoms with van der Waals surface area (Å²) in [5, 5.41) is 0.938. The first-order valence-electron chi connectivity index (χ1n) is 2.51. The summed E-state index contributed by atoms with van der Waals surface area (Å²) in [4.78, 5) is 0. The molecule has 1 nitrogen and oxygen atoms in total. The molecule has 0 amide bonds. The van der Waals surface area contributed by atoms with Crippen LogP contribution in [0.3, 0.4) is 0 Å². The summed E-state index contributed by atoms with van der Waals surface area (Å²) in [6.45, 7) is 0. The van der Waals surface area contributed by atoms with Crippen molar-refractivity contribution in [3.63, 3.8) is 0 Å². The molecular weight excluding hydrogens is 284 g/mol. The fraction of sp³-hybridized carbons (Fsp3) is 0. The highest BCUT2D eigenvalue weighted by Crippen LogP contribution is 2.29. The van der Waals surface area contributed by atoms with Crippen LogP contribution >= 0.6 is 45.8 Å². The van der Waals surface area contributed by atoms with Crippen LogP contribution in [0.5, 0.6) is 0 Å². The zero-order valence-corrected chi connectivity index (χ0v) is 8.54. The molecule has 10 heavy (non-hydrogen) atoms. The monoisotopic (exact) mass is 287 g/mol. The lowest BCUT2D eigenvalue weighted by molar-refractivity contribution is 1.63. The molecule has 1 rings (SSSR count). The number of rotatable bonds is 0. The Labute approximate surface area is 82.6 Å². The fourth-order valence-corrected chi connectivity index (χ4v) is 1.74. The second-order valence-electron chi connectivity index (χ2n) is 1.79. The Balaban J connectivity index is 3.31. The van der Waals surface area contributed by atoms with Gasteiger partial charge in [0.1, 0.15) is 0 Å². The maximum absolute atomic E-state index is 5.70. The molecule has 0 aromatic heterocycles. The topological polar surface area (TPSA) is 26.0 Å². The molecule has 4 heteroatoms. The van der Waals surface area contributed by atoms with Crippen molar-refractivity contribution in [3.8, 4) is 0 Å². The van der Waals surface area contributed by atoms with Crippen LogP contribution in [0, 0.1) is 3.57 Å². The van der Waals surface area contributed by atoms with Gasteiger partial charge in [-0.3, -0.25) is 0 Å². The summed E-state index contributed by atoms with van der Waals surface area (Å²) < 4.78 is 0.990. The molecule has 0 aliphatic heterocycles. The van der Waals surface area contributed by atoms with Crippen molar-refractivity contribution < 1.29 is 0 Å². The molecule has 0 aliphatic carbocycles. The van der Waals surface area contributed by atoms with E-state index in [4.69, 9.17) is 28.9 Å². The molecule has 1 aromatic rings. The van der Waals surface area contributed by atoms with E-state index in [1.54, 1.807) is 12.1 Å². The Bertz CT molecular complexity index is 239. The van der Waals surface area contributed by atoms with Crippen LogP contribution in [0.25, 0.3) is 0 Å². The van der Waals surface area contributed by atoms with Crippen molar-refractivity contribution in [2.75, 3.05) is 5.73 Å². The van der Waals surface area contributed by atoms with Crippen molar-refractivity contribution in [2.24, 2.45) is 0 Å². The second-order valence-corrected chi connectivity index (χ2v) is 3.82. The highest BCUT2D eigenvalue weighted by atomic mass is 127. The van der Waals surface area contributed by atoms with Crippen molar-refractivity contribution >= 4 is 51.5 Å². The van der Waals surface area contributed by atoms with E-state index in [1.807, 2.05) is 0 Å².